The highest BCUT2D eigenvalue weighted by Gasteiger charge is 2.16. The zero-order chi connectivity index (χ0) is 18.5. The summed E-state index contributed by atoms with van der Waals surface area (Å²) in [5.74, 6) is 1.31. The molecule has 0 fully saturated rings. The van der Waals surface area contributed by atoms with Crippen molar-refractivity contribution in [2.75, 3.05) is 13.2 Å². The summed E-state index contributed by atoms with van der Waals surface area (Å²) in [7, 11) is 0. The van der Waals surface area contributed by atoms with Crippen molar-refractivity contribution in [2.45, 2.75) is 6.10 Å². The van der Waals surface area contributed by atoms with Gasteiger partial charge in [0.2, 0.25) is 0 Å². The number of nitrogens with one attached hydrogen (secondary N) is 1. The molecule has 1 atom stereocenters. The minimum atomic E-state index is -0.998. The van der Waals surface area contributed by atoms with Crippen LogP contribution >= 0.6 is 23.2 Å². The molecule has 136 valence electrons. The zero-order valence-electron chi connectivity index (χ0n) is 13.4. The Morgan fingerprint density at radius 2 is 2.04 bits per heavy atom. The lowest BCUT2D eigenvalue weighted by molar-refractivity contribution is -0.123. The Balaban J connectivity index is 1.48. The molecule has 0 spiro atoms. The third-order valence-electron chi connectivity index (χ3n) is 3.46. The molecule has 8 heteroatoms. The molecule has 26 heavy (non-hydrogen) atoms. The highest BCUT2D eigenvalue weighted by Crippen LogP contribution is 2.27. The van der Waals surface area contributed by atoms with Crippen LogP contribution in [0.3, 0.4) is 0 Å². The molecule has 0 saturated carbocycles. The lowest BCUT2D eigenvalue weighted by Crippen LogP contribution is -2.32. The van der Waals surface area contributed by atoms with Crippen LogP contribution in [-0.4, -0.2) is 24.2 Å². The maximum absolute atomic E-state index is 11.9. The summed E-state index contributed by atoms with van der Waals surface area (Å²) in [6.45, 7) is -0.272. The molecule has 0 aliphatic carbocycles. The maximum atomic E-state index is 11.9. The van der Waals surface area contributed by atoms with Crippen molar-refractivity contribution >= 4 is 29.1 Å². The van der Waals surface area contributed by atoms with E-state index in [-0.39, 0.29) is 13.2 Å². The molecule has 3 aromatic rings. The van der Waals surface area contributed by atoms with Gasteiger partial charge in [-0.05, 0) is 42.5 Å². The average molecular weight is 396 g/mol. The lowest BCUT2D eigenvalue weighted by Gasteiger charge is -2.11. The number of benzene rings is 1. The van der Waals surface area contributed by atoms with Crippen LogP contribution in [0.2, 0.25) is 10.0 Å². The van der Waals surface area contributed by atoms with Gasteiger partial charge in [0, 0.05) is 5.02 Å². The van der Waals surface area contributed by atoms with Crippen LogP contribution in [0.1, 0.15) is 11.9 Å². The number of hydrogen-bond acceptors (Lipinski definition) is 5. The van der Waals surface area contributed by atoms with Crippen molar-refractivity contribution in [2.24, 2.45) is 0 Å². The smallest absolute Gasteiger partial charge is 0.258 e. The Kier molecular flexibility index (Phi) is 5.88. The molecule has 1 amide bonds. The number of amides is 1. The first-order valence-electron chi connectivity index (χ1n) is 7.69. The van der Waals surface area contributed by atoms with Crippen LogP contribution in [0.25, 0.3) is 11.5 Å². The molecule has 1 unspecified atom stereocenters. The minimum Gasteiger partial charge on any atom is -0.482 e. The van der Waals surface area contributed by atoms with Crippen molar-refractivity contribution in [1.29, 1.82) is 0 Å². The van der Waals surface area contributed by atoms with Gasteiger partial charge in [0.05, 0.1) is 17.8 Å². The van der Waals surface area contributed by atoms with Crippen LogP contribution in [0.15, 0.2) is 57.6 Å². The molecule has 2 aromatic heterocycles. The number of hydrogen-bond donors (Lipinski definition) is 2. The molecule has 0 bridgehead atoms. The zero-order valence-corrected chi connectivity index (χ0v) is 15.0. The van der Waals surface area contributed by atoms with Gasteiger partial charge in [0.15, 0.2) is 18.1 Å². The van der Waals surface area contributed by atoms with Gasteiger partial charge in [-0.25, -0.2) is 0 Å². The molecule has 6 nitrogen and oxygen atoms in total. The average Bonchev–Trinajstić information content (AvgIpc) is 3.29. The van der Waals surface area contributed by atoms with Gasteiger partial charge in [-0.1, -0.05) is 23.2 Å². The third-order valence-corrected chi connectivity index (χ3v) is 3.99. The van der Waals surface area contributed by atoms with Gasteiger partial charge in [-0.2, -0.15) is 0 Å². The number of halogens is 2. The van der Waals surface area contributed by atoms with E-state index in [0.717, 1.165) is 0 Å². The van der Waals surface area contributed by atoms with E-state index < -0.39 is 12.0 Å². The van der Waals surface area contributed by atoms with Crippen molar-refractivity contribution in [3.63, 3.8) is 0 Å². The molecule has 0 aliphatic rings. The third kappa shape index (κ3) is 4.60. The Morgan fingerprint density at radius 3 is 2.77 bits per heavy atom. The topological polar surface area (TPSA) is 84.8 Å². The first-order chi connectivity index (χ1) is 12.5. The highest BCUT2D eigenvalue weighted by molar-refractivity contribution is 6.35. The van der Waals surface area contributed by atoms with E-state index in [1.807, 2.05) is 0 Å². The van der Waals surface area contributed by atoms with Crippen molar-refractivity contribution in [1.82, 2.24) is 5.32 Å². The summed E-state index contributed by atoms with van der Waals surface area (Å²) in [5, 5.41) is 13.5. The molecule has 0 saturated heterocycles. The predicted octanol–water partition coefficient (Wildman–Crippen LogP) is 4.08. The van der Waals surface area contributed by atoms with E-state index in [9.17, 15) is 9.90 Å². The second-order valence-corrected chi connectivity index (χ2v) is 6.21. The van der Waals surface area contributed by atoms with Crippen LogP contribution in [-0.2, 0) is 4.79 Å². The van der Waals surface area contributed by atoms with Gasteiger partial charge in [-0.15, -0.1) is 0 Å². The van der Waals surface area contributed by atoms with E-state index >= 15 is 0 Å². The van der Waals surface area contributed by atoms with Crippen LogP contribution in [0.5, 0.6) is 5.75 Å². The summed E-state index contributed by atoms with van der Waals surface area (Å²) >= 11 is 11.8. The molecule has 0 radical (unpaired) electrons. The van der Waals surface area contributed by atoms with Crippen molar-refractivity contribution in [3.05, 3.63) is 64.5 Å². The Bertz CT molecular complexity index is 876. The molecule has 1 aromatic carbocycles. The standard InChI is InChI=1S/C18H15Cl2NO5/c19-11-3-4-14(12(20)8-11)25-10-18(23)21-9-13(22)15-5-6-17(26-15)16-2-1-7-24-16/h1-8,13,22H,9-10H2,(H,21,23). The minimum absolute atomic E-state index is 0.0261. The van der Waals surface area contributed by atoms with Crippen LogP contribution < -0.4 is 10.1 Å². The van der Waals surface area contributed by atoms with Gasteiger partial charge in [-0.3, -0.25) is 4.79 Å². The second kappa shape index (κ2) is 8.31. The summed E-state index contributed by atoms with van der Waals surface area (Å²) in [6.07, 6.45) is 0.531. The predicted molar refractivity (Wildman–Crippen MR) is 96.3 cm³/mol. The number of carbonyl (C=O) groups excluding carboxylic acids is 1. The van der Waals surface area contributed by atoms with Gasteiger partial charge < -0.3 is 24.0 Å². The van der Waals surface area contributed by atoms with Gasteiger partial charge in [0.25, 0.3) is 5.91 Å². The summed E-state index contributed by atoms with van der Waals surface area (Å²) in [6, 6.07) is 11.5. The van der Waals surface area contributed by atoms with E-state index in [1.54, 1.807) is 36.4 Å². The number of aliphatic hydroxyl groups is 1. The Labute approximate surface area is 159 Å². The fourth-order valence-electron chi connectivity index (χ4n) is 2.18. The first kappa shape index (κ1) is 18.4. The molecule has 3 rings (SSSR count). The van der Waals surface area contributed by atoms with Crippen LogP contribution in [0, 0.1) is 0 Å². The molecule has 0 aliphatic heterocycles. The Hall–Kier alpha value is -2.41. The summed E-state index contributed by atoms with van der Waals surface area (Å²) in [4.78, 5) is 11.9. The van der Waals surface area contributed by atoms with E-state index in [0.29, 0.717) is 33.1 Å². The summed E-state index contributed by atoms with van der Waals surface area (Å²) in [5.41, 5.74) is 0. The Morgan fingerprint density at radius 1 is 1.19 bits per heavy atom. The lowest BCUT2D eigenvalue weighted by atomic mass is 10.2. The van der Waals surface area contributed by atoms with E-state index in [4.69, 9.17) is 36.8 Å². The number of ether oxygens (including phenoxy) is 1. The second-order valence-electron chi connectivity index (χ2n) is 5.36. The largest absolute Gasteiger partial charge is 0.482 e. The van der Waals surface area contributed by atoms with Crippen molar-refractivity contribution < 1.29 is 23.5 Å². The van der Waals surface area contributed by atoms with E-state index in [1.165, 1.54) is 12.3 Å². The normalized spacial score (nSPS) is 12.0. The molecular weight excluding hydrogens is 381 g/mol. The quantitative estimate of drug-likeness (QED) is 0.629. The first-order valence-corrected chi connectivity index (χ1v) is 8.45. The SMILES string of the molecule is O=C(COc1ccc(Cl)cc1Cl)NCC(O)c1ccc(-c2ccco2)o1. The monoisotopic (exact) mass is 395 g/mol. The number of aliphatic hydroxyl groups excluding tert-OH is 1. The molecule has 2 N–H and O–H groups in total. The van der Waals surface area contributed by atoms with Crippen LogP contribution in [0.4, 0.5) is 0 Å². The fraction of sp³-hybridized carbons (Fsp3) is 0.167. The summed E-state index contributed by atoms with van der Waals surface area (Å²) < 4.78 is 16.1. The molecular formula is C18H15Cl2NO5. The fourth-order valence-corrected chi connectivity index (χ4v) is 2.64. The van der Waals surface area contributed by atoms with Gasteiger partial charge in [0.1, 0.15) is 17.6 Å². The van der Waals surface area contributed by atoms with E-state index in [2.05, 4.69) is 5.32 Å². The highest BCUT2D eigenvalue weighted by atomic mass is 35.5. The number of rotatable bonds is 7. The van der Waals surface area contributed by atoms with Crippen molar-refractivity contribution in [3.8, 4) is 17.3 Å². The maximum Gasteiger partial charge on any atom is 0.258 e. The van der Waals surface area contributed by atoms with Gasteiger partial charge >= 0.3 is 0 Å². The number of carbonyl (C=O) groups is 1. The number of furan rings is 2. The molecule has 2 heterocycles.